The molecular formula is C25H32N2O3S. The van der Waals surface area contributed by atoms with E-state index in [1.54, 1.807) is 7.11 Å². The summed E-state index contributed by atoms with van der Waals surface area (Å²) in [6.07, 6.45) is 2.35. The van der Waals surface area contributed by atoms with Crippen LogP contribution in [-0.2, 0) is 16.1 Å². The summed E-state index contributed by atoms with van der Waals surface area (Å²) in [6.45, 7) is 6.61. The summed E-state index contributed by atoms with van der Waals surface area (Å²) in [5, 5.41) is 2.61. The largest absolute Gasteiger partial charge is 0.497 e. The third-order valence-electron chi connectivity index (χ3n) is 5.74. The van der Waals surface area contributed by atoms with Gasteiger partial charge in [-0.1, -0.05) is 29.8 Å². The van der Waals surface area contributed by atoms with E-state index in [-0.39, 0.29) is 28.9 Å². The lowest BCUT2D eigenvalue weighted by molar-refractivity contribution is -0.133. The predicted molar refractivity (Wildman–Crippen MR) is 127 cm³/mol. The lowest BCUT2D eigenvalue weighted by Gasteiger charge is -2.32. The molecule has 2 aromatic rings. The van der Waals surface area contributed by atoms with E-state index >= 15 is 0 Å². The van der Waals surface area contributed by atoms with Crippen molar-refractivity contribution in [3.63, 3.8) is 0 Å². The number of nitrogens with zero attached hydrogens (tertiary/aromatic N) is 1. The van der Waals surface area contributed by atoms with Gasteiger partial charge in [0.25, 0.3) is 0 Å². The molecule has 2 aromatic carbocycles. The summed E-state index contributed by atoms with van der Waals surface area (Å²) in [7, 11) is 1.65. The van der Waals surface area contributed by atoms with Crippen molar-refractivity contribution in [3.8, 4) is 5.75 Å². The molecule has 1 saturated carbocycles. The fraction of sp³-hybridized carbons (Fsp3) is 0.440. The molecule has 5 nitrogen and oxygen atoms in total. The zero-order valence-electron chi connectivity index (χ0n) is 18.8. The number of ether oxygens (including phenoxy) is 1. The van der Waals surface area contributed by atoms with Gasteiger partial charge < -0.3 is 15.0 Å². The van der Waals surface area contributed by atoms with Gasteiger partial charge in [-0.05, 0) is 69.4 Å². The van der Waals surface area contributed by atoms with Crippen molar-refractivity contribution in [2.75, 3.05) is 18.2 Å². The van der Waals surface area contributed by atoms with Gasteiger partial charge in [0.2, 0.25) is 11.8 Å². The quantitative estimate of drug-likeness (QED) is 0.571. The maximum atomic E-state index is 13.3. The average Bonchev–Trinajstić information content (AvgIpc) is 3.62. The van der Waals surface area contributed by atoms with E-state index in [4.69, 9.17) is 4.74 Å². The molecule has 0 spiro atoms. The van der Waals surface area contributed by atoms with Crippen molar-refractivity contribution in [2.45, 2.75) is 51.4 Å². The zero-order valence-corrected chi connectivity index (χ0v) is 19.6. The second kappa shape index (κ2) is 10.7. The predicted octanol–water partition coefficient (Wildman–Crippen LogP) is 4.89. The van der Waals surface area contributed by atoms with Crippen LogP contribution < -0.4 is 10.1 Å². The summed E-state index contributed by atoms with van der Waals surface area (Å²) in [6, 6.07) is 15.8. The molecule has 0 aliphatic heterocycles. The van der Waals surface area contributed by atoms with Crippen molar-refractivity contribution >= 4 is 29.3 Å². The van der Waals surface area contributed by atoms with Crippen LogP contribution in [0.4, 0.5) is 5.69 Å². The highest BCUT2D eigenvalue weighted by atomic mass is 32.2. The molecular weight excluding hydrogens is 408 g/mol. The van der Waals surface area contributed by atoms with Crippen LogP contribution in [0.3, 0.4) is 0 Å². The Morgan fingerprint density at radius 2 is 1.74 bits per heavy atom. The summed E-state index contributed by atoms with van der Waals surface area (Å²) in [5.74, 6) is 1.62. The van der Waals surface area contributed by atoms with Crippen LogP contribution in [0.5, 0.6) is 5.75 Å². The molecule has 0 bridgehead atoms. The van der Waals surface area contributed by atoms with Gasteiger partial charge in [-0.15, -0.1) is 11.8 Å². The number of aryl methyl sites for hydroxylation is 1. The van der Waals surface area contributed by atoms with Crippen LogP contribution in [-0.4, -0.2) is 40.9 Å². The van der Waals surface area contributed by atoms with Crippen molar-refractivity contribution in [1.82, 2.24) is 4.90 Å². The highest BCUT2D eigenvalue weighted by molar-refractivity contribution is 8.01. The number of hydrogen-bond acceptors (Lipinski definition) is 4. The van der Waals surface area contributed by atoms with E-state index in [1.165, 1.54) is 24.6 Å². The first-order chi connectivity index (χ1) is 14.9. The number of anilines is 1. The van der Waals surface area contributed by atoms with Crippen molar-refractivity contribution < 1.29 is 14.3 Å². The first-order valence-electron chi connectivity index (χ1n) is 10.8. The molecule has 6 heteroatoms. The zero-order chi connectivity index (χ0) is 22.4. The summed E-state index contributed by atoms with van der Waals surface area (Å²) in [4.78, 5) is 27.6. The number of carbonyl (C=O) groups is 2. The second-order valence-corrected chi connectivity index (χ2v) is 9.59. The van der Waals surface area contributed by atoms with Crippen LogP contribution in [0.1, 0.15) is 37.8 Å². The van der Waals surface area contributed by atoms with E-state index in [9.17, 15) is 9.59 Å². The molecule has 2 unspecified atom stereocenters. The number of hydrogen-bond donors (Lipinski definition) is 1. The first-order valence-corrected chi connectivity index (χ1v) is 11.8. The summed E-state index contributed by atoms with van der Waals surface area (Å²) >= 11 is 1.39. The highest BCUT2D eigenvalue weighted by Gasteiger charge is 2.35. The Hall–Kier alpha value is -2.47. The number of nitrogens with one attached hydrogen (secondary N) is 1. The molecule has 31 heavy (non-hydrogen) atoms. The number of rotatable bonds is 10. The monoisotopic (exact) mass is 440 g/mol. The Labute approximate surface area is 189 Å². The van der Waals surface area contributed by atoms with Gasteiger partial charge in [-0.2, -0.15) is 0 Å². The summed E-state index contributed by atoms with van der Waals surface area (Å²) in [5.41, 5.74) is 3.00. The number of methoxy groups -OCH3 is 1. The van der Waals surface area contributed by atoms with Gasteiger partial charge in [0.05, 0.1) is 18.1 Å². The van der Waals surface area contributed by atoms with E-state index in [0.717, 1.165) is 22.6 Å². The number of benzene rings is 2. The standard InChI is InChI=1S/C25H32N2O3S/c1-17-5-11-22(12-6-17)26-24(28)16-31-19(3)25(29)27(18(2)21-9-10-21)15-20-7-13-23(30-4)14-8-20/h5-8,11-14,18-19,21H,9-10,15-16H2,1-4H3,(H,26,28). The van der Waals surface area contributed by atoms with Crippen LogP contribution in [0.2, 0.25) is 0 Å². The fourth-order valence-corrected chi connectivity index (χ4v) is 4.27. The fourth-order valence-electron chi connectivity index (χ4n) is 3.52. The Bertz CT molecular complexity index is 879. The van der Waals surface area contributed by atoms with Gasteiger partial charge in [0, 0.05) is 18.3 Å². The number of carbonyl (C=O) groups excluding carboxylic acids is 2. The topological polar surface area (TPSA) is 58.6 Å². The molecule has 2 atom stereocenters. The Kier molecular flexibility index (Phi) is 8.02. The van der Waals surface area contributed by atoms with Gasteiger partial charge in [0.1, 0.15) is 5.75 Å². The van der Waals surface area contributed by atoms with Crippen molar-refractivity contribution in [1.29, 1.82) is 0 Å². The molecule has 1 fully saturated rings. The van der Waals surface area contributed by atoms with E-state index in [2.05, 4.69) is 12.2 Å². The average molecular weight is 441 g/mol. The molecule has 0 heterocycles. The molecule has 3 rings (SSSR count). The van der Waals surface area contributed by atoms with Crippen LogP contribution in [0.25, 0.3) is 0 Å². The molecule has 0 aromatic heterocycles. The van der Waals surface area contributed by atoms with Gasteiger partial charge in [-0.3, -0.25) is 9.59 Å². The third-order valence-corrected chi connectivity index (χ3v) is 6.87. The van der Waals surface area contributed by atoms with Crippen LogP contribution >= 0.6 is 11.8 Å². The Balaban J connectivity index is 1.58. The smallest absolute Gasteiger partial charge is 0.235 e. The van der Waals surface area contributed by atoms with Gasteiger partial charge in [-0.25, -0.2) is 0 Å². The van der Waals surface area contributed by atoms with Crippen molar-refractivity contribution in [2.24, 2.45) is 5.92 Å². The van der Waals surface area contributed by atoms with Gasteiger partial charge in [0.15, 0.2) is 0 Å². The van der Waals surface area contributed by atoms with Gasteiger partial charge >= 0.3 is 0 Å². The summed E-state index contributed by atoms with van der Waals surface area (Å²) < 4.78 is 5.24. The molecule has 1 aliphatic carbocycles. The first kappa shape index (κ1) is 23.2. The third kappa shape index (κ3) is 6.76. The minimum Gasteiger partial charge on any atom is -0.497 e. The molecule has 166 valence electrons. The van der Waals surface area contributed by atoms with E-state index in [0.29, 0.717) is 12.5 Å². The Morgan fingerprint density at radius 1 is 1.10 bits per heavy atom. The molecule has 1 N–H and O–H groups in total. The normalized spacial score (nSPS) is 15.1. The highest BCUT2D eigenvalue weighted by Crippen LogP contribution is 2.36. The maximum absolute atomic E-state index is 13.3. The molecule has 2 amide bonds. The second-order valence-electron chi connectivity index (χ2n) is 8.26. The lowest BCUT2D eigenvalue weighted by atomic mass is 10.1. The van der Waals surface area contributed by atoms with Crippen LogP contribution in [0.15, 0.2) is 48.5 Å². The molecule has 1 aliphatic rings. The van der Waals surface area contributed by atoms with Crippen LogP contribution in [0, 0.1) is 12.8 Å². The minimum atomic E-state index is -0.289. The minimum absolute atomic E-state index is 0.0864. The lowest BCUT2D eigenvalue weighted by Crippen LogP contribution is -2.43. The van der Waals surface area contributed by atoms with E-state index in [1.807, 2.05) is 67.3 Å². The number of thioether (sulfide) groups is 1. The number of amides is 2. The SMILES string of the molecule is COc1ccc(CN(C(=O)C(C)SCC(=O)Nc2ccc(C)cc2)C(C)C2CC2)cc1. The Morgan fingerprint density at radius 3 is 2.32 bits per heavy atom. The van der Waals surface area contributed by atoms with E-state index < -0.39 is 0 Å². The maximum Gasteiger partial charge on any atom is 0.235 e. The van der Waals surface area contributed by atoms with Crippen molar-refractivity contribution in [3.05, 3.63) is 59.7 Å². The molecule has 0 radical (unpaired) electrons. The molecule has 0 saturated heterocycles.